The van der Waals surface area contributed by atoms with E-state index in [1.807, 2.05) is 50.1 Å². The monoisotopic (exact) mass is 420 g/mol. The second-order valence-corrected chi connectivity index (χ2v) is 5.69. The molecule has 5 nitrogen and oxygen atoms in total. The molecule has 1 aromatic rings. The summed E-state index contributed by atoms with van der Waals surface area (Å²) in [6.07, 6.45) is 0. The van der Waals surface area contributed by atoms with Crippen LogP contribution < -0.4 is 4.74 Å². The van der Waals surface area contributed by atoms with Gasteiger partial charge in [0.25, 0.3) is 0 Å². The molecule has 1 atom stereocenters. The molecule has 0 N–H and O–H groups in total. The number of hydrogen-bond acceptors (Lipinski definition) is 3. The Morgan fingerprint density at radius 3 is 2.14 bits per heavy atom. The van der Waals surface area contributed by atoms with E-state index in [0.717, 1.165) is 11.7 Å². The molecule has 0 aliphatic heterocycles. The Hall–Kier alpha value is -1.02. The van der Waals surface area contributed by atoms with Crippen LogP contribution in [0.25, 0.3) is 0 Å². The van der Waals surface area contributed by atoms with E-state index in [4.69, 9.17) is 9.73 Å². The minimum Gasteiger partial charge on any atom is -0.497 e. The molecule has 22 heavy (non-hydrogen) atoms. The van der Waals surface area contributed by atoms with Gasteiger partial charge in [-0.3, -0.25) is 4.99 Å². The van der Waals surface area contributed by atoms with Crippen molar-refractivity contribution in [2.45, 2.75) is 6.04 Å². The topological polar surface area (TPSA) is 31.3 Å². The first-order valence-corrected chi connectivity index (χ1v) is 7.06. The summed E-state index contributed by atoms with van der Waals surface area (Å²) in [5, 5.41) is 0. The van der Waals surface area contributed by atoms with Gasteiger partial charge in [-0.2, -0.15) is 0 Å². The Labute approximate surface area is 152 Å². The van der Waals surface area contributed by atoms with Crippen LogP contribution in [0.5, 0.6) is 5.75 Å². The maximum absolute atomic E-state index is 5.32. The van der Waals surface area contributed by atoms with E-state index >= 15 is 0 Å². The molecule has 0 heterocycles. The lowest BCUT2D eigenvalue weighted by Gasteiger charge is -2.27. The van der Waals surface area contributed by atoms with Crippen molar-refractivity contribution < 1.29 is 4.74 Å². The Kier molecular flexibility index (Phi) is 9.43. The zero-order chi connectivity index (χ0) is 16.0. The van der Waals surface area contributed by atoms with E-state index in [1.165, 1.54) is 5.56 Å². The molecule has 0 saturated heterocycles. The van der Waals surface area contributed by atoms with Gasteiger partial charge in [-0.25, -0.2) is 0 Å². The number of methoxy groups -OCH3 is 1. The Morgan fingerprint density at radius 1 is 1.09 bits per heavy atom. The number of rotatable bonds is 5. The normalized spacial score (nSPS) is 11.5. The number of benzene rings is 1. The third-order valence-corrected chi connectivity index (χ3v) is 3.31. The Balaban J connectivity index is 0.00000441. The van der Waals surface area contributed by atoms with Gasteiger partial charge in [0.05, 0.1) is 19.7 Å². The molecular formula is C16H29IN4O. The van der Waals surface area contributed by atoms with Crippen molar-refractivity contribution in [3.63, 3.8) is 0 Å². The van der Waals surface area contributed by atoms with Crippen LogP contribution in [0.1, 0.15) is 11.6 Å². The molecule has 6 heteroatoms. The second kappa shape index (κ2) is 9.89. The van der Waals surface area contributed by atoms with E-state index in [-0.39, 0.29) is 30.0 Å². The predicted molar refractivity (Wildman–Crippen MR) is 105 cm³/mol. The van der Waals surface area contributed by atoms with Crippen molar-refractivity contribution in [2.75, 3.05) is 55.9 Å². The van der Waals surface area contributed by atoms with E-state index in [9.17, 15) is 0 Å². The van der Waals surface area contributed by atoms with Gasteiger partial charge in [0.1, 0.15) is 5.75 Å². The summed E-state index contributed by atoms with van der Waals surface area (Å²) >= 11 is 0. The highest BCUT2D eigenvalue weighted by molar-refractivity contribution is 14.0. The molecular weight excluding hydrogens is 391 g/mol. The minimum absolute atomic E-state index is 0. The molecule has 0 aliphatic rings. The second-order valence-electron chi connectivity index (χ2n) is 5.69. The van der Waals surface area contributed by atoms with Crippen LogP contribution in [0, 0.1) is 0 Å². The molecule has 0 bridgehead atoms. The smallest absolute Gasteiger partial charge is 0.195 e. The summed E-state index contributed by atoms with van der Waals surface area (Å²) in [5.74, 6) is 1.84. The summed E-state index contributed by atoms with van der Waals surface area (Å²) in [6, 6.07) is 8.39. The summed E-state index contributed by atoms with van der Waals surface area (Å²) in [7, 11) is 13.9. The van der Waals surface area contributed by atoms with Crippen molar-refractivity contribution >= 4 is 29.9 Å². The molecule has 0 aromatic heterocycles. The Morgan fingerprint density at radius 2 is 1.68 bits per heavy atom. The van der Waals surface area contributed by atoms with Crippen LogP contribution in [0.2, 0.25) is 0 Å². The molecule has 1 rings (SSSR count). The van der Waals surface area contributed by atoms with Crippen molar-refractivity contribution in [2.24, 2.45) is 4.99 Å². The molecule has 126 valence electrons. The van der Waals surface area contributed by atoms with Gasteiger partial charge in [0.15, 0.2) is 5.96 Å². The fourth-order valence-electron chi connectivity index (χ4n) is 2.27. The van der Waals surface area contributed by atoms with Gasteiger partial charge in [-0.1, -0.05) is 12.1 Å². The Bertz CT molecular complexity index is 465. The number of guanidine groups is 1. The molecule has 1 unspecified atom stereocenters. The van der Waals surface area contributed by atoms with Crippen molar-refractivity contribution in [1.82, 2.24) is 14.7 Å². The molecule has 0 fully saturated rings. The summed E-state index contributed by atoms with van der Waals surface area (Å²) in [5.41, 5.74) is 1.21. The largest absolute Gasteiger partial charge is 0.497 e. The zero-order valence-corrected chi connectivity index (χ0v) is 17.0. The van der Waals surface area contributed by atoms with Gasteiger partial charge in [-0.05, 0) is 31.8 Å². The number of halogens is 1. The maximum Gasteiger partial charge on any atom is 0.195 e. The quantitative estimate of drug-likeness (QED) is 0.416. The van der Waals surface area contributed by atoms with Crippen molar-refractivity contribution in [3.05, 3.63) is 29.8 Å². The van der Waals surface area contributed by atoms with Crippen LogP contribution in [0.4, 0.5) is 0 Å². The third-order valence-electron chi connectivity index (χ3n) is 3.31. The molecule has 0 radical (unpaired) electrons. The standard InChI is InChI=1S/C16H28N4O.HI/c1-18(2)15(12-17-16(19(3)4)20(5)6)13-9-8-10-14(11-13)21-7;/h8-11,15H,12H2,1-7H3;1H. The third kappa shape index (κ3) is 6.00. The van der Waals surface area contributed by atoms with Crippen molar-refractivity contribution in [3.8, 4) is 5.75 Å². The van der Waals surface area contributed by atoms with Gasteiger partial charge in [0, 0.05) is 28.2 Å². The lowest BCUT2D eigenvalue weighted by atomic mass is 10.1. The van der Waals surface area contributed by atoms with Crippen molar-refractivity contribution in [1.29, 1.82) is 0 Å². The van der Waals surface area contributed by atoms with Gasteiger partial charge < -0.3 is 19.4 Å². The van der Waals surface area contributed by atoms with Crippen LogP contribution in [-0.4, -0.2) is 76.6 Å². The fraction of sp³-hybridized carbons (Fsp3) is 0.562. The minimum atomic E-state index is 0. The SMILES string of the molecule is COc1cccc(C(CN=C(N(C)C)N(C)C)N(C)C)c1.I. The highest BCUT2D eigenvalue weighted by atomic mass is 127. The average molecular weight is 420 g/mol. The first kappa shape index (κ1) is 21.0. The molecule has 0 spiro atoms. The number of likely N-dealkylation sites (N-methyl/N-ethyl adjacent to an activating group) is 1. The van der Waals surface area contributed by atoms with Gasteiger partial charge in [-0.15, -0.1) is 24.0 Å². The van der Waals surface area contributed by atoms with Gasteiger partial charge >= 0.3 is 0 Å². The molecule has 0 amide bonds. The van der Waals surface area contributed by atoms with E-state index in [2.05, 4.69) is 31.1 Å². The zero-order valence-electron chi connectivity index (χ0n) is 14.7. The number of ether oxygens (including phenoxy) is 1. The van der Waals surface area contributed by atoms with Gasteiger partial charge in [0.2, 0.25) is 0 Å². The average Bonchev–Trinajstić information content (AvgIpc) is 2.42. The number of aliphatic imine (C=N–C) groups is 1. The number of hydrogen-bond donors (Lipinski definition) is 0. The molecule has 1 aromatic carbocycles. The maximum atomic E-state index is 5.32. The molecule has 0 saturated carbocycles. The van der Waals surface area contributed by atoms with Crippen LogP contribution in [0.15, 0.2) is 29.3 Å². The highest BCUT2D eigenvalue weighted by Crippen LogP contribution is 2.23. The van der Waals surface area contributed by atoms with E-state index in [1.54, 1.807) is 7.11 Å². The van der Waals surface area contributed by atoms with E-state index < -0.39 is 0 Å². The van der Waals surface area contributed by atoms with E-state index in [0.29, 0.717) is 6.54 Å². The van der Waals surface area contributed by atoms with Crippen LogP contribution >= 0.6 is 24.0 Å². The summed E-state index contributed by atoms with van der Waals surface area (Å²) in [6.45, 7) is 0.700. The number of nitrogens with zero attached hydrogens (tertiary/aromatic N) is 4. The lowest BCUT2D eigenvalue weighted by Crippen LogP contribution is -2.36. The summed E-state index contributed by atoms with van der Waals surface area (Å²) in [4.78, 5) is 11.0. The lowest BCUT2D eigenvalue weighted by molar-refractivity contribution is 0.303. The van der Waals surface area contributed by atoms with Crippen LogP contribution in [-0.2, 0) is 0 Å². The first-order valence-electron chi connectivity index (χ1n) is 7.06. The molecule has 0 aliphatic carbocycles. The highest BCUT2D eigenvalue weighted by Gasteiger charge is 2.15. The van der Waals surface area contributed by atoms with Crippen LogP contribution in [0.3, 0.4) is 0 Å². The first-order chi connectivity index (χ1) is 9.86. The predicted octanol–water partition coefficient (Wildman–Crippen LogP) is 2.40. The fourth-order valence-corrected chi connectivity index (χ4v) is 2.27. The summed E-state index contributed by atoms with van der Waals surface area (Å²) < 4.78 is 5.32.